The van der Waals surface area contributed by atoms with E-state index in [4.69, 9.17) is 0 Å². The van der Waals surface area contributed by atoms with E-state index in [1.54, 1.807) is 23.1 Å². The van der Waals surface area contributed by atoms with E-state index in [1.807, 2.05) is 17.5 Å². The van der Waals surface area contributed by atoms with Gasteiger partial charge >= 0.3 is 0 Å². The number of carbonyl (C=O) groups is 1. The summed E-state index contributed by atoms with van der Waals surface area (Å²) < 4.78 is 1.21. The van der Waals surface area contributed by atoms with Gasteiger partial charge in [0, 0.05) is 6.54 Å². The molecule has 2 nitrogen and oxygen atoms in total. The minimum Gasteiger partial charge on any atom is -0.355 e. The summed E-state index contributed by atoms with van der Waals surface area (Å²) in [6.45, 7) is 0.879. The summed E-state index contributed by atoms with van der Waals surface area (Å²) in [6.07, 6.45) is 2.58. The van der Waals surface area contributed by atoms with Crippen molar-refractivity contribution in [3.05, 3.63) is 17.5 Å². The van der Waals surface area contributed by atoms with E-state index in [-0.39, 0.29) is 5.91 Å². The number of amides is 1. The second kappa shape index (κ2) is 4.84. The molecule has 0 unspecified atom stereocenters. The van der Waals surface area contributed by atoms with Gasteiger partial charge in [0.2, 0.25) is 5.91 Å². The molecule has 1 saturated carbocycles. The van der Waals surface area contributed by atoms with Crippen LogP contribution >= 0.6 is 23.1 Å². The first-order chi connectivity index (χ1) is 6.84. The highest BCUT2D eigenvalue weighted by Gasteiger charge is 2.21. The smallest absolute Gasteiger partial charge is 0.230 e. The third-order valence-corrected chi connectivity index (χ3v) is 4.26. The molecule has 1 aromatic rings. The Hall–Kier alpha value is -0.480. The lowest BCUT2D eigenvalue weighted by atomic mass is 10.4. The fourth-order valence-corrected chi connectivity index (χ4v) is 2.73. The van der Waals surface area contributed by atoms with E-state index in [1.165, 1.54) is 17.1 Å². The van der Waals surface area contributed by atoms with Gasteiger partial charge in [-0.3, -0.25) is 4.79 Å². The van der Waals surface area contributed by atoms with E-state index in [2.05, 4.69) is 5.32 Å². The van der Waals surface area contributed by atoms with Crippen molar-refractivity contribution < 1.29 is 4.79 Å². The highest BCUT2D eigenvalue weighted by molar-refractivity contribution is 8.01. The van der Waals surface area contributed by atoms with Crippen LogP contribution in [0.15, 0.2) is 21.7 Å². The Balaban J connectivity index is 1.62. The predicted molar refractivity (Wildman–Crippen MR) is 60.8 cm³/mol. The van der Waals surface area contributed by atoms with Crippen molar-refractivity contribution in [3.8, 4) is 0 Å². The van der Waals surface area contributed by atoms with Crippen molar-refractivity contribution in [3.63, 3.8) is 0 Å². The van der Waals surface area contributed by atoms with Crippen LogP contribution in [0.1, 0.15) is 12.8 Å². The van der Waals surface area contributed by atoms with Gasteiger partial charge in [-0.25, -0.2) is 0 Å². The third kappa shape index (κ3) is 3.35. The lowest BCUT2D eigenvalue weighted by molar-refractivity contribution is -0.118. The molecule has 1 heterocycles. The van der Waals surface area contributed by atoms with Crippen LogP contribution in [0.4, 0.5) is 0 Å². The molecule has 0 radical (unpaired) electrons. The van der Waals surface area contributed by atoms with Gasteiger partial charge in [-0.2, -0.15) is 0 Å². The topological polar surface area (TPSA) is 29.1 Å². The Kier molecular flexibility index (Phi) is 3.48. The van der Waals surface area contributed by atoms with Gasteiger partial charge in [-0.1, -0.05) is 6.07 Å². The van der Waals surface area contributed by atoms with E-state index < -0.39 is 0 Å². The molecular weight excluding hydrogens is 214 g/mol. The van der Waals surface area contributed by atoms with Crippen LogP contribution in [0.2, 0.25) is 0 Å². The number of thiophene rings is 1. The monoisotopic (exact) mass is 227 g/mol. The Bertz CT molecular complexity index is 293. The summed E-state index contributed by atoms with van der Waals surface area (Å²) in [6, 6.07) is 4.05. The Morgan fingerprint density at radius 1 is 1.64 bits per heavy atom. The standard InChI is InChI=1S/C10H13NOS2/c12-9(11-6-8-3-4-8)7-14-10-2-1-5-13-10/h1-2,5,8H,3-4,6-7H2,(H,11,12). The zero-order valence-corrected chi connectivity index (χ0v) is 9.50. The molecule has 1 amide bonds. The lowest BCUT2D eigenvalue weighted by Gasteiger charge is -2.02. The summed E-state index contributed by atoms with van der Waals surface area (Å²) in [5.74, 6) is 1.48. The number of rotatable bonds is 5. The first kappa shape index (κ1) is 10.1. The molecule has 1 N–H and O–H groups in total. The normalized spacial score (nSPS) is 15.4. The molecule has 0 bridgehead atoms. The van der Waals surface area contributed by atoms with Crippen molar-refractivity contribution in [2.75, 3.05) is 12.3 Å². The van der Waals surface area contributed by atoms with Crippen LogP contribution in [0.25, 0.3) is 0 Å². The van der Waals surface area contributed by atoms with E-state index in [9.17, 15) is 4.79 Å². The number of hydrogen-bond donors (Lipinski definition) is 1. The summed E-state index contributed by atoms with van der Waals surface area (Å²) >= 11 is 3.30. The van der Waals surface area contributed by atoms with Crippen LogP contribution in [-0.4, -0.2) is 18.2 Å². The summed E-state index contributed by atoms with van der Waals surface area (Å²) in [4.78, 5) is 11.3. The largest absolute Gasteiger partial charge is 0.355 e. The van der Waals surface area contributed by atoms with E-state index in [0.29, 0.717) is 5.75 Å². The zero-order chi connectivity index (χ0) is 9.80. The summed E-state index contributed by atoms with van der Waals surface area (Å²) in [5.41, 5.74) is 0. The Morgan fingerprint density at radius 3 is 3.14 bits per heavy atom. The Morgan fingerprint density at radius 2 is 2.50 bits per heavy atom. The average molecular weight is 227 g/mol. The number of thioether (sulfide) groups is 1. The lowest BCUT2D eigenvalue weighted by Crippen LogP contribution is -2.27. The van der Waals surface area contributed by atoms with E-state index >= 15 is 0 Å². The highest BCUT2D eigenvalue weighted by Crippen LogP contribution is 2.27. The van der Waals surface area contributed by atoms with E-state index in [0.717, 1.165) is 12.5 Å². The molecule has 1 aliphatic rings. The van der Waals surface area contributed by atoms with Crippen molar-refractivity contribution in [2.45, 2.75) is 17.1 Å². The first-order valence-corrected chi connectivity index (χ1v) is 6.64. The molecule has 76 valence electrons. The number of nitrogens with one attached hydrogen (secondary N) is 1. The van der Waals surface area contributed by atoms with Gasteiger partial charge in [-0.15, -0.1) is 23.1 Å². The van der Waals surface area contributed by atoms with Crippen molar-refractivity contribution >= 4 is 29.0 Å². The zero-order valence-electron chi connectivity index (χ0n) is 7.86. The highest BCUT2D eigenvalue weighted by atomic mass is 32.2. The SMILES string of the molecule is O=C(CSc1cccs1)NCC1CC1. The molecule has 1 fully saturated rings. The number of hydrogen-bond acceptors (Lipinski definition) is 3. The summed E-state index contributed by atoms with van der Waals surface area (Å²) in [7, 11) is 0. The fourth-order valence-electron chi connectivity index (χ4n) is 1.11. The maximum atomic E-state index is 11.3. The van der Waals surface area contributed by atoms with Gasteiger partial charge < -0.3 is 5.32 Å². The quantitative estimate of drug-likeness (QED) is 0.782. The van der Waals surface area contributed by atoms with Gasteiger partial charge in [0.1, 0.15) is 0 Å². The van der Waals surface area contributed by atoms with Crippen molar-refractivity contribution in [1.82, 2.24) is 5.32 Å². The maximum Gasteiger partial charge on any atom is 0.230 e. The van der Waals surface area contributed by atoms with Crippen LogP contribution in [0.5, 0.6) is 0 Å². The number of carbonyl (C=O) groups excluding carboxylic acids is 1. The average Bonchev–Trinajstić information content (AvgIpc) is 2.87. The minimum atomic E-state index is 0.162. The van der Waals surface area contributed by atoms with Crippen LogP contribution in [-0.2, 0) is 4.79 Å². The first-order valence-electron chi connectivity index (χ1n) is 4.77. The predicted octanol–water partition coefficient (Wildman–Crippen LogP) is 2.37. The van der Waals surface area contributed by atoms with Gasteiger partial charge in [0.25, 0.3) is 0 Å². The Labute approximate surface area is 92.1 Å². The molecule has 0 aromatic carbocycles. The van der Waals surface area contributed by atoms with Crippen molar-refractivity contribution in [2.24, 2.45) is 5.92 Å². The minimum absolute atomic E-state index is 0.162. The second-order valence-corrected chi connectivity index (χ2v) is 5.69. The van der Waals surface area contributed by atoms with Gasteiger partial charge in [-0.05, 0) is 30.2 Å². The third-order valence-electron chi connectivity index (χ3n) is 2.13. The maximum absolute atomic E-state index is 11.3. The molecule has 0 aliphatic heterocycles. The van der Waals surface area contributed by atoms with Crippen LogP contribution in [0.3, 0.4) is 0 Å². The van der Waals surface area contributed by atoms with Crippen LogP contribution in [0, 0.1) is 5.92 Å². The van der Waals surface area contributed by atoms with Gasteiger partial charge in [0.05, 0.1) is 9.96 Å². The molecule has 14 heavy (non-hydrogen) atoms. The molecule has 4 heteroatoms. The molecule has 2 rings (SSSR count). The summed E-state index contributed by atoms with van der Waals surface area (Å²) in [5, 5.41) is 4.98. The molecule has 1 aliphatic carbocycles. The van der Waals surface area contributed by atoms with Gasteiger partial charge in [0.15, 0.2) is 0 Å². The molecule has 0 saturated heterocycles. The van der Waals surface area contributed by atoms with Crippen molar-refractivity contribution in [1.29, 1.82) is 0 Å². The molecule has 0 atom stereocenters. The fraction of sp³-hybridized carbons (Fsp3) is 0.500. The van der Waals surface area contributed by atoms with Crippen LogP contribution < -0.4 is 5.32 Å². The molecule has 0 spiro atoms. The molecule has 1 aromatic heterocycles. The second-order valence-electron chi connectivity index (χ2n) is 3.47. The molecular formula is C10H13NOS2.